The number of nitrogens with one attached hydrogen (secondary N) is 1. The fraction of sp³-hybridized carbons (Fsp3) is 0.625. The van der Waals surface area contributed by atoms with Crippen molar-refractivity contribution in [3.8, 4) is 11.5 Å². The number of benzene rings is 1. The maximum Gasteiger partial charge on any atom is 0.161 e. The summed E-state index contributed by atoms with van der Waals surface area (Å²) in [6.07, 6.45) is 4.34. The van der Waals surface area contributed by atoms with Crippen LogP contribution in [0, 0.1) is 0 Å². The molecular weight excluding hydrogens is 286 g/mol. The minimum atomic E-state index is 0.0566. The largest absolute Gasteiger partial charge is 0.493 e. The van der Waals surface area contributed by atoms with Crippen LogP contribution < -0.4 is 14.8 Å². The number of hydrogen-bond donors (Lipinski definition) is 1. The fourth-order valence-corrected chi connectivity index (χ4v) is 3.23. The lowest BCUT2D eigenvalue weighted by Gasteiger charge is -2.34. The van der Waals surface area contributed by atoms with Gasteiger partial charge in [0.1, 0.15) is 0 Å². The Hall–Kier alpha value is -0.910. The summed E-state index contributed by atoms with van der Waals surface area (Å²) in [6.45, 7) is 4.68. The van der Waals surface area contributed by atoms with E-state index in [4.69, 9.17) is 14.2 Å². The second kappa shape index (κ2) is 7.38. The molecule has 1 aliphatic heterocycles. The minimum Gasteiger partial charge on any atom is -0.493 e. The third-order valence-corrected chi connectivity index (χ3v) is 4.75. The Bertz CT molecular complexity index is 473. The van der Waals surface area contributed by atoms with Gasteiger partial charge in [-0.1, -0.05) is 0 Å². The number of ether oxygens (including phenoxy) is 3. The molecule has 1 fully saturated rings. The van der Waals surface area contributed by atoms with Crippen LogP contribution >= 0.6 is 11.8 Å². The van der Waals surface area contributed by atoms with Gasteiger partial charge < -0.3 is 19.5 Å². The molecule has 0 saturated carbocycles. The number of methoxy groups -OCH3 is 2. The molecule has 2 rings (SSSR count). The third-order valence-electron chi connectivity index (χ3n) is 3.93. The Morgan fingerprint density at radius 2 is 2.00 bits per heavy atom. The normalized spacial score (nSPS) is 22.1. The monoisotopic (exact) mass is 311 g/mol. The molecule has 0 aliphatic carbocycles. The molecule has 1 heterocycles. The van der Waals surface area contributed by atoms with E-state index in [1.807, 2.05) is 6.07 Å². The molecule has 1 unspecified atom stereocenters. The van der Waals surface area contributed by atoms with Crippen molar-refractivity contribution in [1.82, 2.24) is 5.32 Å². The maximum atomic E-state index is 5.60. The van der Waals surface area contributed by atoms with Crippen molar-refractivity contribution in [3.63, 3.8) is 0 Å². The first-order valence-corrected chi connectivity index (χ1v) is 8.46. The van der Waals surface area contributed by atoms with Crippen LogP contribution in [0.15, 0.2) is 17.0 Å². The van der Waals surface area contributed by atoms with E-state index in [1.54, 1.807) is 26.0 Å². The zero-order chi connectivity index (χ0) is 15.3. The van der Waals surface area contributed by atoms with E-state index in [0.29, 0.717) is 0 Å². The standard InChI is InChI=1S/C16H25NO3S/c1-16(6-5-7-20-11-16)17-10-12-8-13(18-2)14(19-3)9-15(12)21-4/h8-9,17H,5-7,10-11H2,1-4H3. The lowest BCUT2D eigenvalue weighted by molar-refractivity contribution is 0.0277. The van der Waals surface area contributed by atoms with Gasteiger partial charge in [-0.15, -0.1) is 11.8 Å². The van der Waals surface area contributed by atoms with Crippen molar-refractivity contribution < 1.29 is 14.2 Å². The van der Waals surface area contributed by atoms with E-state index >= 15 is 0 Å². The van der Waals surface area contributed by atoms with E-state index in [9.17, 15) is 0 Å². The average molecular weight is 311 g/mol. The molecular formula is C16H25NO3S. The zero-order valence-electron chi connectivity index (χ0n) is 13.3. The van der Waals surface area contributed by atoms with Gasteiger partial charge in [-0.3, -0.25) is 0 Å². The number of thioether (sulfide) groups is 1. The van der Waals surface area contributed by atoms with E-state index < -0.39 is 0 Å². The highest BCUT2D eigenvalue weighted by Gasteiger charge is 2.27. The molecule has 0 spiro atoms. The quantitative estimate of drug-likeness (QED) is 0.818. The first kappa shape index (κ1) is 16.5. The Morgan fingerprint density at radius 1 is 1.29 bits per heavy atom. The van der Waals surface area contributed by atoms with E-state index in [-0.39, 0.29) is 5.54 Å². The minimum absolute atomic E-state index is 0.0566. The summed E-state index contributed by atoms with van der Waals surface area (Å²) >= 11 is 1.72. The number of hydrogen-bond acceptors (Lipinski definition) is 5. The molecule has 1 atom stereocenters. The van der Waals surface area contributed by atoms with Crippen LogP contribution in [0.25, 0.3) is 0 Å². The Labute approximate surface area is 131 Å². The van der Waals surface area contributed by atoms with Crippen LogP contribution in [-0.2, 0) is 11.3 Å². The molecule has 0 aromatic heterocycles. The second-order valence-electron chi connectivity index (χ2n) is 5.59. The summed E-state index contributed by atoms with van der Waals surface area (Å²) < 4.78 is 16.4. The van der Waals surface area contributed by atoms with Crippen molar-refractivity contribution in [2.24, 2.45) is 0 Å². The molecule has 1 saturated heterocycles. The molecule has 1 aliphatic rings. The van der Waals surface area contributed by atoms with Crippen molar-refractivity contribution >= 4 is 11.8 Å². The van der Waals surface area contributed by atoms with Gasteiger partial charge in [0.05, 0.1) is 20.8 Å². The highest BCUT2D eigenvalue weighted by molar-refractivity contribution is 7.98. The van der Waals surface area contributed by atoms with Crippen LogP contribution in [0.5, 0.6) is 11.5 Å². The molecule has 118 valence electrons. The molecule has 1 N–H and O–H groups in total. The van der Waals surface area contributed by atoms with Crippen molar-refractivity contribution in [2.45, 2.75) is 36.7 Å². The van der Waals surface area contributed by atoms with E-state index in [1.165, 1.54) is 10.5 Å². The highest BCUT2D eigenvalue weighted by atomic mass is 32.2. The SMILES string of the molecule is COc1cc(CNC2(C)CCCOC2)c(SC)cc1OC. The molecule has 0 radical (unpaired) electrons. The molecule has 1 aromatic carbocycles. The van der Waals surface area contributed by atoms with E-state index in [0.717, 1.165) is 44.1 Å². The van der Waals surface area contributed by atoms with Gasteiger partial charge in [0.15, 0.2) is 11.5 Å². The topological polar surface area (TPSA) is 39.7 Å². The van der Waals surface area contributed by atoms with Crippen LogP contribution in [0.1, 0.15) is 25.3 Å². The first-order chi connectivity index (χ1) is 10.1. The molecule has 5 heteroatoms. The van der Waals surface area contributed by atoms with Gasteiger partial charge in [0.25, 0.3) is 0 Å². The van der Waals surface area contributed by atoms with Gasteiger partial charge in [0, 0.05) is 23.6 Å². The Kier molecular flexibility index (Phi) is 5.79. The van der Waals surface area contributed by atoms with Crippen LogP contribution in [-0.4, -0.2) is 39.2 Å². The number of rotatable bonds is 6. The third kappa shape index (κ3) is 4.05. The predicted molar refractivity (Wildman–Crippen MR) is 86.6 cm³/mol. The summed E-state index contributed by atoms with van der Waals surface area (Å²) in [5, 5.41) is 3.64. The van der Waals surface area contributed by atoms with Gasteiger partial charge in [-0.2, -0.15) is 0 Å². The van der Waals surface area contributed by atoms with Gasteiger partial charge in [-0.25, -0.2) is 0 Å². The van der Waals surface area contributed by atoms with Crippen molar-refractivity contribution in [3.05, 3.63) is 17.7 Å². The second-order valence-corrected chi connectivity index (χ2v) is 6.44. The summed E-state index contributed by atoms with van der Waals surface area (Å²) in [5.41, 5.74) is 1.29. The summed E-state index contributed by atoms with van der Waals surface area (Å²) in [5.74, 6) is 1.55. The summed E-state index contributed by atoms with van der Waals surface area (Å²) in [7, 11) is 3.34. The van der Waals surface area contributed by atoms with Crippen LogP contribution in [0.4, 0.5) is 0 Å². The molecule has 0 bridgehead atoms. The molecule has 0 amide bonds. The fourth-order valence-electron chi connectivity index (χ4n) is 2.61. The molecule has 1 aromatic rings. The Balaban J connectivity index is 2.14. The summed E-state index contributed by atoms with van der Waals surface area (Å²) in [4.78, 5) is 1.21. The highest BCUT2D eigenvalue weighted by Crippen LogP contribution is 2.35. The molecule has 21 heavy (non-hydrogen) atoms. The smallest absolute Gasteiger partial charge is 0.161 e. The first-order valence-electron chi connectivity index (χ1n) is 7.23. The van der Waals surface area contributed by atoms with Crippen molar-refractivity contribution in [1.29, 1.82) is 0 Å². The zero-order valence-corrected chi connectivity index (χ0v) is 14.1. The van der Waals surface area contributed by atoms with Gasteiger partial charge in [0.2, 0.25) is 0 Å². The van der Waals surface area contributed by atoms with Crippen LogP contribution in [0.2, 0.25) is 0 Å². The van der Waals surface area contributed by atoms with Crippen molar-refractivity contribution in [2.75, 3.05) is 33.7 Å². The maximum absolute atomic E-state index is 5.60. The van der Waals surface area contributed by atoms with Gasteiger partial charge in [-0.05, 0) is 43.7 Å². The lowest BCUT2D eigenvalue weighted by Crippen LogP contribution is -2.48. The molecule has 4 nitrogen and oxygen atoms in total. The predicted octanol–water partition coefficient (Wildman–Crippen LogP) is 3.08. The van der Waals surface area contributed by atoms with Crippen LogP contribution in [0.3, 0.4) is 0 Å². The lowest BCUT2D eigenvalue weighted by atomic mass is 9.94. The Morgan fingerprint density at radius 3 is 2.57 bits per heavy atom. The average Bonchev–Trinajstić information content (AvgIpc) is 2.52. The van der Waals surface area contributed by atoms with E-state index in [2.05, 4.69) is 24.6 Å². The van der Waals surface area contributed by atoms with Gasteiger partial charge >= 0.3 is 0 Å². The summed E-state index contributed by atoms with van der Waals surface area (Å²) in [6, 6.07) is 4.10.